The first-order chi connectivity index (χ1) is 14.7. The smallest absolute Gasteiger partial charge is 0.186 e. The third kappa shape index (κ3) is 5.34. The molecule has 3 rings (SSSR count). The summed E-state index contributed by atoms with van der Waals surface area (Å²) in [6.45, 7) is -0.277. The second-order valence-corrected chi connectivity index (χ2v) is 8.60. The van der Waals surface area contributed by atoms with Crippen LogP contribution in [0.1, 0.15) is 19.3 Å². The van der Waals surface area contributed by atoms with Gasteiger partial charge in [0.2, 0.25) is 0 Å². The van der Waals surface area contributed by atoms with Crippen molar-refractivity contribution >= 4 is 0 Å². The van der Waals surface area contributed by atoms with Crippen LogP contribution >= 0.6 is 0 Å². The van der Waals surface area contributed by atoms with Crippen LogP contribution < -0.4 is 28.7 Å². The van der Waals surface area contributed by atoms with Gasteiger partial charge in [0.05, 0.1) is 24.8 Å². The molecule has 182 valence electrons. The number of nitrogens with two attached hydrogens (primary N) is 5. The summed E-state index contributed by atoms with van der Waals surface area (Å²) in [6.07, 6.45) is -9.14. The van der Waals surface area contributed by atoms with Gasteiger partial charge in [0.15, 0.2) is 18.8 Å². The molecule has 13 N–H and O–H groups in total. The Bertz CT molecular complexity index is 581. The number of rotatable bonds is 6. The lowest BCUT2D eigenvalue weighted by Crippen LogP contribution is -2.67. The van der Waals surface area contributed by atoms with Crippen LogP contribution in [0.25, 0.3) is 0 Å². The van der Waals surface area contributed by atoms with E-state index in [0.29, 0.717) is 12.8 Å². The first kappa shape index (κ1) is 25.1. The van der Waals surface area contributed by atoms with E-state index in [1.807, 2.05) is 0 Å². The zero-order chi connectivity index (χ0) is 22.9. The topological polar surface area (TPSA) is 228 Å². The Kier molecular flexibility index (Phi) is 8.57. The molecule has 2 saturated heterocycles. The van der Waals surface area contributed by atoms with Gasteiger partial charge in [0, 0.05) is 18.6 Å². The Labute approximate surface area is 180 Å². The molecule has 3 aliphatic rings. The highest BCUT2D eigenvalue weighted by Gasteiger charge is 2.50. The number of hydrogen-bond donors (Lipinski definition) is 8. The molecular weight excluding hydrogens is 417 g/mol. The molecule has 0 spiro atoms. The lowest BCUT2D eigenvalue weighted by Gasteiger charge is -2.46. The van der Waals surface area contributed by atoms with Gasteiger partial charge >= 0.3 is 0 Å². The van der Waals surface area contributed by atoms with Gasteiger partial charge in [-0.15, -0.1) is 0 Å². The van der Waals surface area contributed by atoms with Gasteiger partial charge in [-0.1, -0.05) is 0 Å². The number of aliphatic hydroxyl groups is 3. The quantitative estimate of drug-likeness (QED) is 0.191. The molecule has 13 atom stereocenters. The molecule has 2 heterocycles. The van der Waals surface area contributed by atoms with E-state index in [9.17, 15) is 15.3 Å². The summed E-state index contributed by atoms with van der Waals surface area (Å²) < 4.78 is 38.1. The third-order valence-electron chi connectivity index (χ3n) is 6.30. The molecular formula is C18H36FN5O7. The van der Waals surface area contributed by atoms with Crippen molar-refractivity contribution in [2.24, 2.45) is 28.7 Å². The van der Waals surface area contributed by atoms with Crippen molar-refractivity contribution in [2.45, 2.75) is 98.8 Å². The molecule has 0 bridgehead atoms. The molecule has 2 aliphatic heterocycles. The van der Waals surface area contributed by atoms with E-state index >= 15 is 4.39 Å². The summed E-state index contributed by atoms with van der Waals surface area (Å²) in [7, 11) is 0. The predicted octanol–water partition coefficient (Wildman–Crippen LogP) is -4.29. The van der Waals surface area contributed by atoms with Crippen molar-refractivity contribution in [2.75, 3.05) is 13.2 Å². The second kappa shape index (κ2) is 10.6. The van der Waals surface area contributed by atoms with Gasteiger partial charge < -0.3 is 62.9 Å². The van der Waals surface area contributed by atoms with Crippen LogP contribution in [0.15, 0.2) is 0 Å². The van der Waals surface area contributed by atoms with Crippen LogP contribution in [-0.4, -0.2) is 108 Å². The molecule has 12 nitrogen and oxygen atoms in total. The summed E-state index contributed by atoms with van der Waals surface area (Å²) in [5, 5.41) is 29.6. The Morgan fingerprint density at radius 1 is 0.871 bits per heavy atom. The van der Waals surface area contributed by atoms with Gasteiger partial charge in [-0.25, -0.2) is 4.39 Å². The number of alkyl halides is 1. The molecule has 0 aromatic rings. The molecule has 31 heavy (non-hydrogen) atoms. The number of hydrogen-bond acceptors (Lipinski definition) is 12. The Balaban J connectivity index is 1.69. The molecule has 13 heteroatoms. The normalized spacial score (nSPS) is 51.6. The zero-order valence-electron chi connectivity index (χ0n) is 17.3. The van der Waals surface area contributed by atoms with Crippen LogP contribution in [0.5, 0.6) is 0 Å². The number of aliphatic hydroxyl groups excluding tert-OH is 3. The van der Waals surface area contributed by atoms with Crippen LogP contribution in [0.4, 0.5) is 4.39 Å². The largest absolute Gasteiger partial charge is 0.394 e. The van der Waals surface area contributed by atoms with Crippen molar-refractivity contribution in [3.8, 4) is 0 Å². The molecule has 1 aliphatic carbocycles. The van der Waals surface area contributed by atoms with E-state index in [4.69, 9.17) is 47.6 Å². The SMILES string of the molecule is NC[C@@H]1CC[C@@H](N)[C@@H](O[C@H]2[C@@H](F)[C@@H](O[C@H]3O[C@H](CO)[C@@H](O)[C@H](N)[C@H]3O)[C@H](N)C[C@@H]2N)O1. The minimum Gasteiger partial charge on any atom is -0.394 e. The van der Waals surface area contributed by atoms with Crippen LogP contribution in [0.3, 0.4) is 0 Å². The second-order valence-electron chi connectivity index (χ2n) is 8.60. The van der Waals surface area contributed by atoms with E-state index in [0.717, 1.165) is 0 Å². The van der Waals surface area contributed by atoms with Crippen molar-refractivity contribution < 1.29 is 38.7 Å². The molecule has 0 aromatic carbocycles. The van der Waals surface area contributed by atoms with E-state index in [1.54, 1.807) is 0 Å². The predicted molar refractivity (Wildman–Crippen MR) is 106 cm³/mol. The first-order valence-electron chi connectivity index (χ1n) is 10.6. The van der Waals surface area contributed by atoms with Crippen molar-refractivity contribution in [1.82, 2.24) is 0 Å². The van der Waals surface area contributed by atoms with Gasteiger partial charge in [0.1, 0.15) is 30.5 Å². The van der Waals surface area contributed by atoms with Crippen LogP contribution in [-0.2, 0) is 18.9 Å². The molecule has 0 radical (unpaired) electrons. The summed E-state index contributed by atoms with van der Waals surface area (Å²) in [5.41, 5.74) is 29.7. The minimum absolute atomic E-state index is 0.166. The van der Waals surface area contributed by atoms with Gasteiger partial charge in [0.25, 0.3) is 0 Å². The lowest BCUT2D eigenvalue weighted by molar-refractivity contribution is -0.307. The van der Waals surface area contributed by atoms with Crippen LogP contribution in [0.2, 0.25) is 0 Å². The summed E-state index contributed by atoms with van der Waals surface area (Å²) in [5.74, 6) is 0. The average molecular weight is 454 g/mol. The molecule has 1 saturated carbocycles. The monoisotopic (exact) mass is 453 g/mol. The van der Waals surface area contributed by atoms with Crippen molar-refractivity contribution in [3.63, 3.8) is 0 Å². The molecule has 3 fully saturated rings. The van der Waals surface area contributed by atoms with E-state index in [-0.39, 0.29) is 19.1 Å². The zero-order valence-corrected chi connectivity index (χ0v) is 17.3. The summed E-state index contributed by atoms with van der Waals surface area (Å²) >= 11 is 0. The fourth-order valence-corrected chi connectivity index (χ4v) is 4.31. The maximum atomic E-state index is 15.5. The van der Waals surface area contributed by atoms with Gasteiger partial charge in [-0.3, -0.25) is 0 Å². The average Bonchev–Trinajstić information content (AvgIpc) is 2.75. The minimum atomic E-state index is -1.79. The fourth-order valence-electron chi connectivity index (χ4n) is 4.31. The van der Waals surface area contributed by atoms with Crippen LogP contribution in [0, 0.1) is 0 Å². The van der Waals surface area contributed by atoms with E-state index in [2.05, 4.69) is 0 Å². The van der Waals surface area contributed by atoms with Gasteiger partial charge in [-0.05, 0) is 19.3 Å². The fraction of sp³-hybridized carbons (Fsp3) is 1.00. The Morgan fingerprint density at radius 2 is 1.48 bits per heavy atom. The number of halogens is 1. The standard InChI is InChI=1S/C18H36FN5O7/c19-11-15(30-17-7(21)2-1-6(4-20)28-17)8(22)3-9(23)16(11)31-18-14(27)12(24)13(26)10(5-25)29-18/h6-18,25-27H,1-5,20-24H2/t6-,7+,8-,9+,10+,11+,12-,13+,14+,15+,16-,17+,18+/m0/s1. The molecule has 0 unspecified atom stereocenters. The van der Waals surface area contributed by atoms with E-state index < -0.39 is 80.0 Å². The van der Waals surface area contributed by atoms with Gasteiger partial charge in [-0.2, -0.15) is 0 Å². The Hall–Kier alpha value is -0.550. The highest BCUT2D eigenvalue weighted by atomic mass is 19.1. The highest BCUT2D eigenvalue weighted by molar-refractivity contribution is 5.01. The van der Waals surface area contributed by atoms with E-state index in [1.165, 1.54) is 0 Å². The molecule has 0 amide bonds. The van der Waals surface area contributed by atoms with Crippen molar-refractivity contribution in [1.29, 1.82) is 0 Å². The summed E-state index contributed by atoms with van der Waals surface area (Å²) in [4.78, 5) is 0. The Morgan fingerprint density at radius 3 is 2.06 bits per heavy atom. The highest BCUT2D eigenvalue weighted by Crippen LogP contribution is 2.32. The number of ether oxygens (including phenoxy) is 4. The maximum Gasteiger partial charge on any atom is 0.186 e. The first-order valence-corrected chi connectivity index (χ1v) is 10.6. The summed E-state index contributed by atoms with van der Waals surface area (Å²) in [6, 6.07) is -3.20. The molecule has 0 aromatic heterocycles. The maximum absolute atomic E-state index is 15.5. The lowest BCUT2D eigenvalue weighted by atomic mass is 9.85. The third-order valence-corrected chi connectivity index (χ3v) is 6.30. The van der Waals surface area contributed by atoms with Crippen molar-refractivity contribution in [3.05, 3.63) is 0 Å².